The van der Waals surface area contributed by atoms with Crippen LogP contribution in [0.1, 0.15) is 17.0 Å². The van der Waals surface area contributed by atoms with Crippen molar-refractivity contribution in [1.82, 2.24) is 19.8 Å². The van der Waals surface area contributed by atoms with Gasteiger partial charge < -0.3 is 10.1 Å². The minimum Gasteiger partial charge on any atom is -0.483 e. The topological polar surface area (TPSA) is 81.4 Å². The van der Waals surface area contributed by atoms with Gasteiger partial charge in [0.25, 0.3) is 5.91 Å². The minimum atomic E-state index is -0.211. The number of para-hydroxylation sites is 1. The van der Waals surface area contributed by atoms with Crippen molar-refractivity contribution >= 4 is 27.9 Å². The van der Waals surface area contributed by atoms with Gasteiger partial charge in [0.1, 0.15) is 10.8 Å². The average Bonchev–Trinajstić information content (AvgIpc) is 3.25. The number of hydrogen-bond acceptors (Lipinski definition) is 6. The van der Waals surface area contributed by atoms with Crippen LogP contribution in [0.3, 0.4) is 0 Å². The molecule has 0 radical (unpaired) electrons. The van der Waals surface area contributed by atoms with Crippen LogP contribution in [0, 0.1) is 20.8 Å². The van der Waals surface area contributed by atoms with Crippen molar-refractivity contribution in [2.45, 2.75) is 20.8 Å². The highest BCUT2D eigenvalue weighted by Crippen LogP contribution is 2.29. The van der Waals surface area contributed by atoms with Crippen molar-refractivity contribution in [1.29, 1.82) is 0 Å². The van der Waals surface area contributed by atoms with Crippen LogP contribution in [0.4, 0.5) is 5.69 Å². The molecule has 4 rings (SSSR count). The first kappa shape index (κ1) is 18.1. The lowest BCUT2D eigenvalue weighted by atomic mass is 10.1. The SMILES string of the molecule is Cc1ccc(-c2nn3c(C)nnc3s2)cc1NC(=O)COc1ccccc1C. The van der Waals surface area contributed by atoms with Gasteiger partial charge in [-0.25, -0.2) is 0 Å². The Morgan fingerprint density at radius 2 is 1.93 bits per heavy atom. The number of anilines is 1. The molecule has 1 N–H and O–H groups in total. The molecule has 0 aliphatic carbocycles. The summed E-state index contributed by atoms with van der Waals surface area (Å²) >= 11 is 1.45. The number of hydrogen-bond donors (Lipinski definition) is 1. The second kappa shape index (κ2) is 7.40. The first-order chi connectivity index (χ1) is 13.5. The summed E-state index contributed by atoms with van der Waals surface area (Å²) in [4.78, 5) is 13.1. The lowest BCUT2D eigenvalue weighted by Crippen LogP contribution is -2.20. The van der Waals surface area contributed by atoms with Crippen molar-refractivity contribution in [3.8, 4) is 16.3 Å². The van der Waals surface area contributed by atoms with E-state index >= 15 is 0 Å². The molecule has 0 fully saturated rings. The number of nitrogens with one attached hydrogen (secondary N) is 1. The molecule has 142 valence electrons. The zero-order valence-corrected chi connectivity index (χ0v) is 16.6. The predicted octanol–water partition coefficient (Wildman–Crippen LogP) is 3.80. The highest BCUT2D eigenvalue weighted by molar-refractivity contribution is 7.19. The van der Waals surface area contributed by atoms with Gasteiger partial charge in [0.2, 0.25) is 4.96 Å². The number of carbonyl (C=O) groups excluding carboxylic acids is 1. The van der Waals surface area contributed by atoms with Crippen LogP contribution in [0.2, 0.25) is 0 Å². The Hall–Kier alpha value is -3.26. The molecule has 28 heavy (non-hydrogen) atoms. The molecular formula is C20H19N5O2S. The zero-order valence-electron chi connectivity index (χ0n) is 15.8. The standard InChI is InChI=1S/C20H19N5O2S/c1-12-8-9-15(19-24-25-14(3)22-23-20(25)28-19)10-16(12)21-18(26)11-27-17-7-5-4-6-13(17)2/h4-10H,11H2,1-3H3,(H,21,26). The van der Waals surface area contributed by atoms with E-state index in [2.05, 4.69) is 20.6 Å². The lowest BCUT2D eigenvalue weighted by molar-refractivity contribution is -0.118. The zero-order chi connectivity index (χ0) is 19.7. The maximum absolute atomic E-state index is 12.4. The molecule has 0 spiro atoms. The first-order valence-corrected chi connectivity index (χ1v) is 9.61. The van der Waals surface area contributed by atoms with Crippen molar-refractivity contribution in [2.24, 2.45) is 0 Å². The Kier molecular flexibility index (Phi) is 4.79. The molecule has 8 heteroatoms. The number of aryl methyl sites for hydroxylation is 3. The summed E-state index contributed by atoms with van der Waals surface area (Å²) in [5, 5.41) is 16.4. The molecule has 7 nitrogen and oxygen atoms in total. The van der Waals surface area contributed by atoms with Gasteiger partial charge in [0.05, 0.1) is 0 Å². The van der Waals surface area contributed by atoms with Gasteiger partial charge in [-0.3, -0.25) is 4.79 Å². The van der Waals surface area contributed by atoms with Gasteiger partial charge in [-0.15, -0.1) is 10.2 Å². The van der Waals surface area contributed by atoms with Crippen LogP contribution in [0.15, 0.2) is 42.5 Å². The Morgan fingerprint density at radius 3 is 2.71 bits per heavy atom. The number of fused-ring (bicyclic) bond motifs is 1. The summed E-state index contributed by atoms with van der Waals surface area (Å²) in [6.45, 7) is 5.70. The Morgan fingerprint density at radius 1 is 1.11 bits per heavy atom. The summed E-state index contributed by atoms with van der Waals surface area (Å²) in [6, 6.07) is 13.5. The maximum Gasteiger partial charge on any atom is 0.262 e. The summed E-state index contributed by atoms with van der Waals surface area (Å²) in [5.41, 5.74) is 3.61. The molecular weight excluding hydrogens is 374 g/mol. The van der Waals surface area contributed by atoms with Gasteiger partial charge in [-0.1, -0.05) is 41.7 Å². The van der Waals surface area contributed by atoms with Gasteiger partial charge >= 0.3 is 0 Å². The molecule has 0 aliphatic rings. The van der Waals surface area contributed by atoms with E-state index in [0.29, 0.717) is 5.75 Å². The van der Waals surface area contributed by atoms with E-state index in [9.17, 15) is 4.79 Å². The number of amides is 1. The number of aromatic nitrogens is 4. The molecule has 0 saturated carbocycles. The molecule has 0 unspecified atom stereocenters. The van der Waals surface area contributed by atoms with Crippen LogP contribution in [-0.4, -0.2) is 32.3 Å². The summed E-state index contributed by atoms with van der Waals surface area (Å²) in [7, 11) is 0. The minimum absolute atomic E-state index is 0.0511. The highest BCUT2D eigenvalue weighted by Gasteiger charge is 2.13. The fourth-order valence-electron chi connectivity index (χ4n) is 2.77. The van der Waals surface area contributed by atoms with Crippen molar-refractivity contribution in [3.05, 3.63) is 59.4 Å². The summed E-state index contributed by atoms with van der Waals surface area (Å²) < 4.78 is 7.34. The molecule has 2 heterocycles. The van der Waals surface area contributed by atoms with Crippen LogP contribution >= 0.6 is 11.3 Å². The van der Waals surface area contributed by atoms with Gasteiger partial charge in [0.15, 0.2) is 12.4 Å². The molecule has 0 saturated heterocycles. The molecule has 0 aliphatic heterocycles. The van der Waals surface area contributed by atoms with Gasteiger partial charge in [0, 0.05) is 11.3 Å². The monoisotopic (exact) mass is 393 g/mol. The second-order valence-corrected chi connectivity index (χ2v) is 7.44. The molecule has 0 atom stereocenters. The van der Waals surface area contributed by atoms with E-state index in [4.69, 9.17) is 4.74 Å². The van der Waals surface area contributed by atoms with Crippen LogP contribution < -0.4 is 10.1 Å². The van der Waals surface area contributed by atoms with Crippen LogP contribution in [0.5, 0.6) is 5.75 Å². The van der Waals surface area contributed by atoms with E-state index < -0.39 is 0 Å². The smallest absolute Gasteiger partial charge is 0.262 e. The van der Waals surface area contributed by atoms with Crippen LogP contribution in [0.25, 0.3) is 15.5 Å². The fourth-order valence-corrected chi connectivity index (χ4v) is 3.65. The quantitative estimate of drug-likeness (QED) is 0.558. The average molecular weight is 393 g/mol. The Labute approximate surface area is 166 Å². The van der Waals surface area contributed by atoms with Crippen LogP contribution in [-0.2, 0) is 4.79 Å². The van der Waals surface area contributed by atoms with E-state index in [1.165, 1.54) is 11.3 Å². The second-order valence-electron chi connectivity index (χ2n) is 6.48. The first-order valence-electron chi connectivity index (χ1n) is 8.79. The number of rotatable bonds is 5. The van der Waals surface area contributed by atoms with E-state index in [-0.39, 0.29) is 12.5 Å². The third-order valence-electron chi connectivity index (χ3n) is 4.36. The third kappa shape index (κ3) is 3.59. The summed E-state index contributed by atoms with van der Waals surface area (Å²) in [6.07, 6.45) is 0. The number of ether oxygens (including phenoxy) is 1. The molecule has 2 aromatic carbocycles. The van der Waals surface area contributed by atoms with E-state index in [0.717, 1.165) is 38.2 Å². The highest BCUT2D eigenvalue weighted by atomic mass is 32.1. The van der Waals surface area contributed by atoms with E-state index in [1.807, 2.05) is 63.2 Å². The molecule has 4 aromatic rings. The lowest BCUT2D eigenvalue weighted by Gasteiger charge is -2.11. The fraction of sp³-hybridized carbons (Fsp3) is 0.200. The molecule has 0 bridgehead atoms. The third-order valence-corrected chi connectivity index (χ3v) is 5.31. The van der Waals surface area contributed by atoms with Gasteiger partial charge in [-0.05, 0) is 44.0 Å². The Balaban J connectivity index is 1.50. The largest absolute Gasteiger partial charge is 0.483 e. The number of nitrogens with zero attached hydrogens (tertiary/aromatic N) is 4. The van der Waals surface area contributed by atoms with Crippen molar-refractivity contribution in [3.63, 3.8) is 0 Å². The van der Waals surface area contributed by atoms with Crippen molar-refractivity contribution in [2.75, 3.05) is 11.9 Å². The maximum atomic E-state index is 12.4. The van der Waals surface area contributed by atoms with Crippen molar-refractivity contribution < 1.29 is 9.53 Å². The van der Waals surface area contributed by atoms with Gasteiger partial charge in [-0.2, -0.15) is 9.61 Å². The predicted molar refractivity (Wildman–Crippen MR) is 109 cm³/mol. The number of benzene rings is 2. The molecule has 1 amide bonds. The van der Waals surface area contributed by atoms with E-state index in [1.54, 1.807) is 4.52 Å². The normalized spacial score (nSPS) is 11.0. The Bertz CT molecular complexity index is 1160. The summed E-state index contributed by atoms with van der Waals surface area (Å²) in [5.74, 6) is 1.24. The number of carbonyl (C=O) groups is 1. The molecule has 2 aromatic heterocycles.